The number of hydrogen-bond acceptors (Lipinski definition) is 2. The minimum absolute atomic E-state index is 0.0250. The van der Waals surface area contributed by atoms with Gasteiger partial charge in [-0.05, 0) is 35.9 Å². The van der Waals surface area contributed by atoms with Gasteiger partial charge < -0.3 is 10.2 Å². The first kappa shape index (κ1) is 14.8. The lowest BCUT2D eigenvalue weighted by Gasteiger charge is -2.23. The van der Waals surface area contributed by atoms with Crippen LogP contribution < -0.4 is 10.2 Å². The van der Waals surface area contributed by atoms with E-state index in [1.807, 2.05) is 72.8 Å². The zero-order valence-corrected chi connectivity index (χ0v) is 13.6. The molecule has 0 bridgehead atoms. The molecule has 0 saturated heterocycles. The van der Waals surface area contributed by atoms with Crippen LogP contribution in [0.3, 0.4) is 0 Å². The number of benzene rings is 3. The summed E-state index contributed by atoms with van der Waals surface area (Å²) in [5.41, 5.74) is 4.18. The van der Waals surface area contributed by atoms with Crippen molar-refractivity contribution < 1.29 is 4.79 Å². The number of para-hydroxylation sites is 1. The zero-order valence-electron chi connectivity index (χ0n) is 12.9. The monoisotopic (exact) mass is 334 g/mol. The fourth-order valence-corrected chi connectivity index (χ4v) is 3.12. The standard InChI is InChI=1S/C20H15ClN2O/c21-15-10-11-19-18(12-15)22-17-9-5-4-8-16(17)20(24)23(19)13-14-6-2-1-3-7-14/h1-12,22H,13H2. The highest BCUT2D eigenvalue weighted by molar-refractivity contribution is 6.31. The first-order valence-electron chi connectivity index (χ1n) is 7.74. The Bertz CT molecular complexity index is 909. The van der Waals surface area contributed by atoms with Gasteiger partial charge in [0.1, 0.15) is 0 Å². The molecular weight excluding hydrogens is 320 g/mol. The van der Waals surface area contributed by atoms with Gasteiger partial charge >= 0.3 is 0 Å². The van der Waals surface area contributed by atoms with Crippen LogP contribution >= 0.6 is 11.6 Å². The summed E-state index contributed by atoms with van der Waals surface area (Å²) in [6.45, 7) is 0.504. The zero-order chi connectivity index (χ0) is 16.5. The van der Waals surface area contributed by atoms with Gasteiger partial charge in [0.2, 0.25) is 0 Å². The van der Waals surface area contributed by atoms with Crippen molar-refractivity contribution in [3.8, 4) is 0 Å². The molecule has 0 radical (unpaired) electrons. The van der Waals surface area contributed by atoms with Crippen molar-refractivity contribution >= 4 is 34.6 Å². The molecule has 0 aromatic heterocycles. The van der Waals surface area contributed by atoms with Gasteiger partial charge in [-0.1, -0.05) is 54.1 Å². The molecule has 3 aromatic rings. The van der Waals surface area contributed by atoms with Gasteiger partial charge in [0.15, 0.2) is 0 Å². The van der Waals surface area contributed by atoms with Crippen LogP contribution in [0.2, 0.25) is 5.02 Å². The minimum Gasteiger partial charge on any atom is -0.353 e. The Kier molecular flexibility index (Phi) is 3.71. The number of carbonyl (C=O) groups excluding carboxylic acids is 1. The summed E-state index contributed by atoms with van der Waals surface area (Å²) in [5.74, 6) is -0.0250. The van der Waals surface area contributed by atoms with Gasteiger partial charge in [-0.25, -0.2) is 0 Å². The molecule has 1 aliphatic rings. The predicted octanol–water partition coefficient (Wildman–Crippen LogP) is 5.24. The van der Waals surface area contributed by atoms with Crippen LogP contribution in [-0.2, 0) is 6.54 Å². The van der Waals surface area contributed by atoms with Crippen molar-refractivity contribution in [3.05, 3.63) is 88.9 Å². The molecule has 0 spiro atoms. The van der Waals surface area contributed by atoms with E-state index in [1.54, 1.807) is 4.90 Å². The third-order valence-electron chi connectivity index (χ3n) is 4.10. The van der Waals surface area contributed by atoms with Crippen LogP contribution in [0.4, 0.5) is 17.1 Å². The summed E-state index contributed by atoms with van der Waals surface area (Å²) in [6.07, 6.45) is 0. The van der Waals surface area contributed by atoms with Crippen molar-refractivity contribution in [2.45, 2.75) is 6.54 Å². The number of halogens is 1. The molecule has 0 unspecified atom stereocenters. The second kappa shape index (κ2) is 6.02. The van der Waals surface area contributed by atoms with E-state index in [9.17, 15) is 4.79 Å². The summed E-state index contributed by atoms with van der Waals surface area (Å²) in [4.78, 5) is 14.9. The van der Waals surface area contributed by atoms with Gasteiger partial charge in [0.25, 0.3) is 5.91 Å². The van der Waals surface area contributed by atoms with Crippen LogP contribution in [0, 0.1) is 0 Å². The largest absolute Gasteiger partial charge is 0.353 e. The average Bonchev–Trinajstić information content (AvgIpc) is 2.71. The van der Waals surface area contributed by atoms with Crippen LogP contribution in [0.15, 0.2) is 72.8 Å². The summed E-state index contributed by atoms with van der Waals surface area (Å²) >= 11 is 6.16. The van der Waals surface area contributed by atoms with Crippen molar-refractivity contribution in [2.75, 3.05) is 10.2 Å². The van der Waals surface area contributed by atoms with Gasteiger partial charge in [0.05, 0.1) is 29.2 Å². The lowest BCUT2D eigenvalue weighted by atomic mass is 10.1. The number of rotatable bonds is 2. The van der Waals surface area contributed by atoms with Crippen LogP contribution in [0.1, 0.15) is 15.9 Å². The van der Waals surface area contributed by atoms with E-state index in [1.165, 1.54) is 0 Å². The maximum Gasteiger partial charge on any atom is 0.260 e. The molecule has 4 rings (SSSR count). The smallest absolute Gasteiger partial charge is 0.260 e. The quantitative estimate of drug-likeness (QED) is 0.694. The number of nitrogens with zero attached hydrogens (tertiary/aromatic N) is 1. The predicted molar refractivity (Wildman–Crippen MR) is 98.1 cm³/mol. The van der Waals surface area contributed by atoms with Crippen LogP contribution in [0.5, 0.6) is 0 Å². The molecule has 3 nitrogen and oxygen atoms in total. The van der Waals surface area contributed by atoms with Crippen molar-refractivity contribution in [1.82, 2.24) is 0 Å². The molecular formula is C20H15ClN2O. The number of hydrogen-bond donors (Lipinski definition) is 1. The summed E-state index contributed by atoms with van der Waals surface area (Å²) in [6, 6.07) is 23.1. The van der Waals surface area contributed by atoms with Crippen molar-refractivity contribution in [2.24, 2.45) is 0 Å². The molecule has 0 aliphatic carbocycles. The Morgan fingerprint density at radius 3 is 2.46 bits per heavy atom. The highest BCUT2D eigenvalue weighted by atomic mass is 35.5. The molecule has 1 N–H and O–H groups in total. The molecule has 3 aromatic carbocycles. The number of fused-ring (bicyclic) bond motifs is 2. The first-order valence-corrected chi connectivity index (χ1v) is 8.11. The lowest BCUT2D eigenvalue weighted by molar-refractivity contribution is 0.0986. The molecule has 1 aliphatic heterocycles. The van der Waals surface area contributed by atoms with E-state index in [-0.39, 0.29) is 5.91 Å². The average molecular weight is 335 g/mol. The summed E-state index contributed by atoms with van der Waals surface area (Å²) in [5, 5.41) is 3.98. The third kappa shape index (κ3) is 2.63. The van der Waals surface area contributed by atoms with Gasteiger partial charge in [-0.2, -0.15) is 0 Å². The Labute approximate surface area is 145 Å². The fourth-order valence-electron chi connectivity index (χ4n) is 2.95. The number of nitrogens with one attached hydrogen (secondary N) is 1. The Hall–Kier alpha value is -2.78. The normalized spacial score (nSPS) is 12.9. The molecule has 1 amide bonds. The van der Waals surface area contributed by atoms with Crippen molar-refractivity contribution in [3.63, 3.8) is 0 Å². The molecule has 0 atom stereocenters. The fraction of sp³-hybridized carbons (Fsp3) is 0.0500. The molecule has 0 fully saturated rings. The molecule has 118 valence electrons. The van der Waals surface area contributed by atoms with Gasteiger partial charge in [0, 0.05) is 5.02 Å². The van der Waals surface area contributed by atoms with Gasteiger partial charge in [-0.15, -0.1) is 0 Å². The highest BCUT2D eigenvalue weighted by Crippen LogP contribution is 2.37. The van der Waals surface area contributed by atoms with E-state index in [2.05, 4.69) is 5.32 Å². The minimum atomic E-state index is -0.0250. The van der Waals surface area contributed by atoms with E-state index in [0.29, 0.717) is 17.1 Å². The number of amides is 1. The summed E-state index contributed by atoms with van der Waals surface area (Å²) < 4.78 is 0. The van der Waals surface area contributed by atoms with E-state index >= 15 is 0 Å². The Morgan fingerprint density at radius 2 is 1.62 bits per heavy atom. The SMILES string of the molecule is O=C1c2ccccc2Nc2cc(Cl)ccc2N1Cc1ccccc1. The summed E-state index contributed by atoms with van der Waals surface area (Å²) in [7, 11) is 0. The maximum atomic E-state index is 13.1. The lowest BCUT2D eigenvalue weighted by Crippen LogP contribution is -2.29. The second-order valence-corrected chi connectivity index (χ2v) is 6.15. The van der Waals surface area contributed by atoms with E-state index in [0.717, 1.165) is 22.6 Å². The second-order valence-electron chi connectivity index (χ2n) is 5.71. The van der Waals surface area contributed by atoms with Crippen LogP contribution in [-0.4, -0.2) is 5.91 Å². The maximum absolute atomic E-state index is 13.1. The Balaban J connectivity index is 1.86. The van der Waals surface area contributed by atoms with Crippen LogP contribution in [0.25, 0.3) is 0 Å². The first-order chi connectivity index (χ1) is 11.7. The molecule has 0 saturated carbocycles. The third-order valence-corrected chi connectivity index (χ3v) is 4.34. The highest BCUT2D eigenvalue weighted by Gasteiger charge is 2.26. The topological polar surface area (TPSA) is 32.3 Å². The van der Waals surface area contributed by atoms with E-state index in [4.69, 9.17) is 11.6 Å². The van der Waals surface area contributed by atoms with Crippen molar-refractivity contribution in [1.29, 1.82) is 0 Å². The molecule has 4 heteroatoms. The van der Waals surface area contributed by atoms with Gasteiger partial charge in [-0.3, -0.25) is 4.79 Å². The number of carbonyl (C=O) groups is 1. The molecule has 24 heavy (non-hydrogen) atoms. The molecule has 1 heterocycles. The van der Waals surface area contributed by atoms with E-state index < -0.39 is 0 Å². The number of anilines is 3. The Morgan fingerprint density at radius 1 is 0.875 bits per heavy atom.